The molecule has 11 heteroatoms. The van der Waals surface area contributed by atoms with Gasteiger partial charge in [-0.2, -0.15) is 15.1 Å². The summed E-state index contributed by atoms with van der Waals surface area (Å²) >= 11 is 0. The molecule has 3 heterocycles. The van der Waals surface area contributed by atoms with E-state index in [-0.39, 0.29) is 5.82 Å². The highest BCUT2D eigenvalue weighted by atomic mass is 16.5. The van der Waals surface area contributed by atoms with Crippen molar-refractivity contribution >= 4 is 17.7 Å². The second-order valence-electron chi connectivity index (χ2n) is 6.21. The maximum Gasteiger partial charge on any atom is 0.292 e. The van der Waals surface area contributed by atoms with Gasteiger partial charge in [0, 0.05) is 31.4 Å². The molecule has 146 valence electrons. The smallest absolute Gasteiger partial charge is 0.292 e. The first-order chi connectivity index (χ1) is 14.1. The molecule has 1 aromatic carbocycles. The molecule has 0 aliphatic carbocycles. The van der Waals surface area contributed by atoms with E-state index in [0.717, 1.165) is 23.1 Å². The van der Waals surface area contributed by atoms with Gasteiger partial charge in [0.2, 0.25) is 12.3 Å². The number of aryl methyl sites for hydroxylation is 2. The van der Waals surface area contributed by atoms with Crippen molar-refractivity contribution in [3.8, 4) is 11.4 Å². The van der Waals surface area contributed by atoms with Crippen molar-refractivity contribution in [1.29, 1.82) is 0 Å². The number of nitrogens with one attached hydrogen (secondary N) is 2. The molecule has 29 heavy (non-hydrogen) atoms. The molecule has 2 N–H and O–H groups in total. The minimum atomic E-state index is -0.398. The first-order valence-corrected chi connectivity index (χ1v) is 8.68. The van der Waals surface area contributed by atoms with Crippen molar-refractivity contribution in [1.82, 2.24) is 40.2 Å². The molecule has 0 bridgehead atoms. The number of nitrogens with zero attached hydrogens (tertiary/aromatic N) is 7. The molecule has 0 saturated carbocycles. The highest BCUT2D eigenvalue weighted by Crippen LogP contribution is 2.20. The Morgan fingerprint density at radius 2 is 2.10 bits per heavy atom. The predicted molar refractivity (Wildman–Crippen MR) is 102 cm³/mol. The lowest BCUT2D eigenvalue weighted by atomic mass is 10.0. The Balaban J connectivity index is 1.47. The van der Waals surface area contributed by atoms with Crippen LogP contribution in [0.3, 0.4) is 0 Å². The molecule has 0 aliphatic heterocycles. The fourth-order valence-electron chi connectivity index (χ4n) is 2.65. The Labute approximate surface area is 165 Å². The van der Waals surface area contributed by atoms with E-state index in [4.69, 9.17) is 0 Å². The molecule has 0 atom stereocenters. The van der Waals surface area contributed by atoms with Crippen LogP contribution in [0.1, 0.15) is 21.7 Å². The van der Waals surface area contributed by atoms with E-state index >= 15 is 0 Å². The zero-order valence-corrected chi connectivity index (χ0v) is 15.7. The lowest BCUT2D eigenvalue weighted by Gasteiger charge is -2.09. The molecule has 1 amide bonds. The van der Waals surface area contributed by atoms with Gasteiger partial charge in [-0.05, 0) is 24.1 Å². The van der Waals surface area contributed by atoms with Crippen molar-refractivity contribution in [3.05, 3.63) is 60.1 Å². The van der Waals surface area contributed by atoms with Gasteiger partial charge in [0.15, 0.2) is 11.6 Å². The number of aromatic nitrogens is 7. The van der Waals surface area contributed by atoms with Crippen molar-refractivity contribution < 1.29 is 9.32 Å². The van der Waals surface area contributed by atoms with Gasteiger partial charge in [-0.1, -0.05) is 17.3 Å². The quantitative estimate of drug-likeness (QED) is 0.502. The Kier molecular flexibility index (Phi) is 4.93. The number of carbonyl (C=O) groups excluding carboxylic acids is 1. The summed E-state index contributed by atoms with van der Waals surface area (Å²) in [6.07, 6.45) is 4.38. The third-order valence-electron chi connectivity index (χ3n) is 4.13. The zero-order valence-electron chi connectivity index (χ0n) is 15.7. The van der Waals surface area contributed by atoms with Gasteiger partial charge in [0.25, 0.3) is 11.7 Å². The van der Waals surface area contributed by atoms with Crippen molar-refractivity contribution in [2.24, 2.45) is 7.05 Å². The molecule has 4 rings (SSSR count). The van der Waals surface area contributed by atoms with Crippen molar-refractivity contribution in [2.75, 3.05) is 5.32 Å². The molecule has 11 nitrogen and oxygen atoms in total. The number of hydrogen-bond acceptors (Lipinski definition) is 9. The summed E-state index contributed by atoms with van der Waals surface area (Å²) in [5.41, 5.74) is 2.77. The van der Waals surface area contributed by atoms with Crippen LogP contribution < -0.4 is 10.6 Å². The second kappa shape index (κ2) is 7.84. The average Bonchev–Trinajstić information content (AvgIpc) is 3.39. The fraction of sp³-hybridized carbons (Fsp3) is 0.167. The van der Waals surface area contributed by atoms with Gasteiger partial charge in [-0.3, -0.25) is 9.48 Å². The second-order valence-corrected chi connectivity index (χ2v) is 6.21. The Hall–Kier alpha value is -4.15. The van der Waals surface area contributed by atoms with E-state index < -0.39 is 5.91 Å². The van der Waals surface area contributed by atoms with Crippen molar-refractivity contribution in [3.63, 3.8) is 0 Å². The van der Waals surface area contributed by atoms with Crippen LogP contribution in [-0.2, 0) is 13.6 Å². The molecule has 4 aromatic rings. The molecule has 0 fully saturated rings. The van der Waals surface area contributed by atoms with Crippen LogP contribution in [0.4, 0.5) is 11.8 Å². The summed E-state index contributed by atoms with van der Waals surface area (Å²) in [5.74, 6) is 1.18. The zero-order chi connectivity index (χ0) is 20.2. The van der Waals surface area contributed by atoms with E-state index in [9.17, 15) is 4.79 Å². The van der Waals surface area contributed by atoms with E-state index in [1.165, 1.54) is 6.33 Å². The summed E-state index contributed by atoms with van der Waals surface area (Å²) in [6.45, 7) is 2.29. The monoisotopic (exact) mass is 391 g/mol. The van der Waals surface area contributed by atoms with E-state index in [1.807, 2.05) is 44.4 Å². The number of amides is 1. The summed E-state index contributed by atoms with van der Waals surface area (Å²) in [4.78, 5) is 28.5. The van der Waals surface area contributed by atoms with Gasteiger partial charge in [0.05, 0.1) is 0 Å². The maximum atomic E-state index is 11.9. The lowest BCUT2D eigenvalue weighted by Crippen LogP contribution is -2.24. The van der Waals surface area contributed by atoms with Crippen LogP contribution >= 0.6 is 0 Å². The third kappa shape index (κ3) is 4.24. The highest BCUT2D eigenvalue weighted by Gasteiger charge is 2.12. The number of rotatable bonds is 6. The molecular formula is C18H17N9O2. The minimum absolute atomic E-state index is 0.00241. The molecule has 3 aromatic heterocycles. The Morgan fingerprint density at radius 1 is 1.21 bits per heavy atom. The largest absolute Gasteiger partial charge is 0.345 e. The molecule has 0 saturated heterocycles. The molecule has 0 radical (unpaired) electrons. The minimum Gasteiger partial charge on any atom is -0.345 e. The van der Waals surface area contributed by atoms with Crippen LogP contribution in [0.15, 0.2) is 47.7 Å². The normalized spacial score (nSPS) is 10.7. The highest BCUT2D eigenvalue weighted by molar-refractivity contribution is 5.90. The van der Waals surface area contributed by atoms with Gasteiger partial charge in [-0.25, -0.2) is 9.97 Å². The average molecular weight is 391 g/mol. The van der Waals surface area contributed by atoms with Gasteiger partial charge in [-0.15, -0.1) is 0 Å². The SMILES string of the molecule is Cc1cc(-c2ncnc(Nc3ccn(C)n3)n2)ccc1CNC(=O)c1ncon1. The first-order valence-electron chi connectivity index (χ1n) is 8.68. The number of anilines is 2. The van der Waals surface area contributed by atoms with E-state index in [1.54, 1.807) is 4.68 Å². The standard InChI is InChI=1S/C18H17N9O2/c1-11-7-12(3-4-13(11)8-19-17(28)16-22-10-29-26-16)15-20-9-21-18(24-15)23-14-5-6-27(2)25-14/h3-7,9-10H,8H2,1-2H3,(H,19,28)(H,20,21,23,24,25). The van der Waals surface area contributed by atoms with Gasteiger partial charge in [0.1, 0.15) is 6.33 Å². The van der Waals surface area contributed by atoms with Gasteiger partial charge >= 0.3 is 0 Å². The molecular weight excluding hydrogens is 374 g/mol. The molecule has 0 spiro atoms. The van der Waals surface area contributed by atoms with Crippen LogP contribution in [0.5, 0.6) is 0 Å². The van der Waals surface area contributed by atoms with Crippen LogP contribution in [0.25, 0.3) is 11.4 Å². The van der Waals surface area contributed by atoms with Crippen LogP contribution in [0, 0.1) is 6.92 Å². The Bertz CT molecular complexity index is 1140. The van der Waals surface area contributed by atoms with Crippen molar-refractivity contribution in [2.45, 2.75) is 13.5 Å². The number of benzene rings is 1. The van der Waals surface area contributed by atoms with E-state index in [0.29, 0.717) is 24.1 Å². The van der Waals surface area contributed by atoms with Crippen LogP contribution in [0.2, 0.25) is 0 Å². The summed E-state index contributed by atoms with van der Waals surface area (Å²) < 4.78 is 6.26. The number of hydrogen-bond donors (Lipinski definition) is 2. The molecule has 0 unspecified atom stereocenters. The molecule has 0 aliphatic rings. The Morgan fingerprint density at radius 3 is 2.83 bits per heavy atom. The topological polar surface area (TPSA) is 137 Å². The van der Waals surface area contributed by atoms with Gasteiger partial charge < -0.3 is 15.2 Å². The lowest BCUT2D eigenvalue weighted by molar-refractivity contribution is 0.0937. The summed E-state index contributed by atoms with van der Waals surface area (Å²) in [5, 5.41) is 13.6. The maximum absolute atomic E-state index is 11.9. The summed E-state index contributed by atoms with van der Waals surface area (Å²) in [7, 11) is 1.83. The van der Waals surface area contributed by atoms with Crippen LogP contribution in [-0.4, -0.2) is 40.8 Å². The predicted octanol–water partition coefficient (Wildman–Crippen LogP) is 1.64. The number of carbonyl (C=O) groups is 1. The van der Waals surface area contributed by atoms with E-state index in [2.05, 4.69) is 45.3 Å². The first kappa shape index (κ1) is 18.2. The summed E-state index contributed by atoms with van der Waals surface area (Å²) in [6, 6.07) is 7.58. The fourth-order valence-corrected chi connectivity index (χ4v) is 2.65. The third-order valence-corrected chi connectivity index (χ3v) is 4.13.